The molecule has 0 spiro atoms. The summed E-state index contributed by atoms with van der Waals surface area (Å²) in [7, 11) is 0. The van der Waals surface area contributed by atoms with Gasteiger partial charge < -0.3 is 9.73 Å². The number of anilines is 2. The van der Waals surface area contributed by atoms with Gasteiger partial charge in [-0.2, -0.15) is 0 Å². The van der Waals surface area contributed by atoms with Gasteiger partial charge in [0.05, 0.1) is 28.6 Å². The lowest BCUT2D eigenvalue weighted by Crippen LogP contribution is -2.45. The van der Waals surface area contributed by atoms with Gasteiger partial charge in [0, 0.05) is 0 Å². The summed E-state index contributed by atoms with van der Waals surface area (Å²) in [6, 6.07) is 11.0. The van der Waals surface area contributed by atoms with Crippen molar-refractivity contribution in [2.45, 2.75) is 17.9 Å². The molecule has 0 radical (unpaired) electrons. The fraction of sp³-hybridized carbons (Fsp3) is 0.250. The van der Waals surface area contributed by atoms with Crippen molar-refractivity contribution in [3.63, 3.8) is 0 Å². The molecule has 3 rings (SSSR count). The number of thioether (sulfide) groups is 1. The Morgan fingerprint density at radius 2 is 2.18 bits per heavy atom. The first-order valence-corrected chi connectivity index (χ1v) is 8.04. The van der Waals surface area contributed by atoms with E-state index in [1.165, 1.54) is 11.8 Å². The van der Waals surface area contributed by atoms with Crippen LogP contribution in [0.4, 0.5) is 11.4 Å². The van der Waals surface area contributed by atoms with E-state index in [2.05, 4.69) is 5.32 Å². The van der Waals surface area contributed by atoms with Gasteiger partial charge in [-0.25, -0.2) is 0 Å². The van der Waals surface area contributed by atoms with Crippen LogP contribution in [0.5, 0.6) is 0 Å². The second kappa shape index (κ2) is 6.27. The first-order valence-electron chi connectivity index (χ1n) is 6.99. The Hall–Kier alpha value is -2.21. The van der Waals surface area contributed by atoms with Crippen LogP contribution in [0.15, 0.2) is 47.1 Å². The average molecular weight is 316 g/mol. The molecule has 22 heavy (non-hydrogen) atoms. The van der Waals surface area contributed by atoms with Crippen LogP contribution in [0.3, 0.4) is 0 Å². The Balaban J connectivity index is 1.72. The van der Waals surface area contributed by atoms with Gasteiger partial charge in [-0.3, -0.25) is 14.5 Å². The number of fused-ring (bicyclic) bond motifs is 1. The van der Waals surface area contributed by atoms with Crippen LogP contribution >= 0.6 is 11.8 Å². The SMILES string of the molecule is C[C@H](SCc1ccco1)C(=O)N1CC(=O)Nc2ccccc21. The number of carbonyl (C=O) groups is 2. The predicted molar refractivity (Wildman–Crippen MR) is 86.9 cm³/mol. The van der Waals surface area contributed by atoms with Crippen molar-refractivity contribution in [1.29, 1.82) is 0 Å². The molecule has 1 atom stereocenters. The normalized spacial score (nSPS) is 15.1. The maximum atomic E-state index is 12.7. The second-order valence-corrected chi connectivity index (χ2v) is 6.35. The number of para-hydroxylation sites is 2. The number of hydrogen-bond acceptors (Lipinski definition) is 4. The van der Waals surface area contributed by atoms with E-state index in [1.807, 2.05) is 37.3 Å². The highest BCUT2D eigenvalue weighted by Gasteiger charge is 2.29. The van der Waals surface area contributed by atoms with Crippen LogP contribution in [0.25, 0.3) is 0 Å². The summed E-state index contributed by atoms with van der Waals surface area (Å²) in [5.41, 5.74) is 1.42. The molecule has 1 aromatic heterocycles. The van der Waals surface area contributed by atoms with E-state index in [0.717, 1.165) is 11.4 Å². The van der Waals surface area contributed by atoms with E-state index in [-0.39, 0.29) is 23.6 Å². The molecule has 5 nitrogen and oxygen atoms in total. The molecule has 0 fully saturated rings. The van der Waals surface area contributed by atoms with Crippen molar-refractivity contribution >= 4 is 35.0 Å². The largest absolute Gasteiger partial charge is 0.468 e. The van der Waals surface area contributed by atoms with E-state index >= 15 is 0 Å². The smallest absolute Gasteiger partial charge is 0.244 e. The highest BCUT2D eigenvalue weighted by molar-refractivity contribution is 7.99. The minimum atomic E-state index is -0.260. The molecule has 1 aliphatic heterocycles. The molecule has 1 aliphatic rings. The summed E-state index contributed by atoms with van der Waals surface area (Å²) < 4.78 is 5.27. The minimum absolute atomic E-state index is 0.0570. The summed E-state index contributed by atoms with van der Waals surface area (Å²) >= 11 is 1.50. The van der Waals surface area contributed by atoms with Crippen molar-refractivity contribution in [2.75, 3.05) is 16.8 Å². The zero-order valence-corrected chi connectivity index (χ0v) is 12.9. The van der Waals surface area contributed by atoms with Crippen LogP contribution in [0, 0.1) is 0 Å². The molecule has 114 valence electrons. The Labute approximate surface area is 132 Å². The molecule has 0 bridgehead atoms. The molecule has 1 aromatic carbocycles. The number of hydrogen-bond donors (Lipinski definition) is 1. The van der Waals surface area contributed by atoms with Gasteiger partial charge in [0.25, 0.3) is 0 Å². The minimum Gasteiger partial charge on any atom is -0.468 e. The van der Waals surface area contributed by atoms with E-state index in [1.54, 1.807) is 17.2 Å². The van der Waals surface area contributed by atoms with Crippen LogP contribution in [0.2, 0.25) is 0 Å². The number of nitrogens with zero attached hydrogens (tertiary/aromatic N) is 1. The average Bonchev–Trinajstić information content (AvgIpc) is 3.04. The molecule has 1 N–H and O–H groups in total. The standard InChI is InChI=1S/C16H16N2O3S/c1-11(22-10-12-5-4-8-21-12)16(20)18-9-15(19)17-13-6-2-3-7-14(13)18/h2-8,11H,9-10H2,1H3,(H,17,19)/t11-/m0/s1. The van der Waals surface area contributed by atoms with Crippen molar-refractivity contribution < 1.29 is 14.0 Å². The van der Waals surface area contributed by atoms with Crippen LogP contribution in [-0.2, 0) is 15.3 Å². The predicted octanol–water partition coefficient (Wildman–Crippen LogP) is 2.89. The monoisotopic (exact) mass is 316 g/mol. The second-order valence-electron chi connectivity index (χ2n) is 5.02. The van der Waals surface area contributed by atoms with Gasteiger partial charge in [0.1, 0.15) is 12.3 Å². The van der Waals surface area contributed by atoms with Crippen LogP contribution < -0.4 is 10.2 Å². The Morgan fingerprint density at radius 1 is 1.36 bits per heavy atom. The summed E-state index contributed by atoms with van der Waals surface area (Å²) in [5.74, 6) is 1.22. The number of nitrogens with one attached hydrogen (secondary N) is 1. The van der Waals surface area contributed by atoms with Crippen LogP contribution in [0.1, 0.15) is 12.7 Å². The molecule has 0 unspecified atom stereocenters. The quantitative estimate of drug-likeness (QED) is 0.942. The van der Waals surface area contributed by atoms with Gasteiger partial charge in [-0.1, -0.05) is 12.1 Å². The first kappa shape index (κ1) is 14.7. The fourth-order valence-corrected chi connectivity index (χ4v) is 3.17. The van der Waals surface area contributed by atoms with Crippen molar-refractivity contribution in [2.24, 2.45) is 0 Å². The van der Waals surface area contributed by atoms with Crippen molar-refractivity contribution in [3.05, 3.63) is 48.4 Å². The van der Waals surface area contributed by atoms with E-state index in [4.69, 9.17) is 4.42 Å². The number of amides is 2. The lowest BCUT2D eigenvalue weighted by molar-refractivity contribution is -0.121. The number of carbonyl (C=O) groups excluding carboxylic acids is 2. The summed E-state index contributed by atoms with van der Waals surface area (Å²) in [6.07, 6.45) is 1.62. The summed E-state index contributed by atoms with van der Waals surface area (Å²) in [5, 5.41) is 2.52. The van der Waals surface area contributed by atoms with Gasteiger partial charge in [0.2, 0.25) is 11.8 Å². The molecule has 0 saturated heterocycles. The van der Waals surface area contributed by atoms with E-state index in [9.17, 15) is 9.59 Å². The summed E-state index contributed by atoms with van der Waals surface area (Å²) in [6.45, 7) is 1.91. The Morgan fingerprint density at radius 3 is 2.95 bits per heavy atom. The number of benzene rings is 1. The zero-order chi connectivity index (χ0) is 15.5. The zero-order valence-electron chi connectivity index (χ0n) is 12.1. The third-order valence-electron chi connectivity index (χ3n) is 3.44. The number of rotatable bonds is 4. The molecular formula is C16H16N2O3S. The van der Waals surface area contributed by atoms with Crippen molar-refractivity contribution in [1.82, 2.24) is 0 Å². The maximum absolute atomic E-state index is 12.7. The third kappa shape index (κ3) is 3.01. The molecule has 2 amide bonds. The van der Waals surface area contributed by atoms with Crippen LogP contribution in [-0.4, -0.2) is 23.6 Å². The molecule has 2 heterocycles. The first-order chi connectivity index (χ1) is 10.6. The van der Waals surface area contributed by atoms with Gasteiger partial charge in [-0.15, -0.1) is 11.8 Å². The topological polar surface area (TPSA) is 62.6 Å². The lowest BCUT2D eigenvalue weighted by atomic mass is 10.2. The van der Waals surface area contributed by atoms with E-state index in [0.29, 0.717) is 11.4 Å². The third-order valence-corrected chi connectivity index (χ3v) is 4.59. The molecule has 0 saturated carbocycles. The fourth-order valence-electron chi connectivity index (χ4n) is 2.32. The van der Waals surface area contributed by atoms with Gasteiger partial charge in [-0.05, 0) is 31.2 Å². The Bertz CT molecular complexity index is 684. The highest BCUT2D eigenvalue weighted by atomic mass is 32.2. The summed E-state index contributed by atoms with van der Waals surface area (Å²) in [4.78, 5) is 26.0. The molecule has 2 aromatic rings. The molecule has 0 aliphatic carbocycles. The lowest BCUT2D eigenvalue weighted by Gasteiger charge is -2.30. The Kier molecular flexibility index (Phi) is 4.20. The maximum Gasteiger partial charge on any atom is 0.244 e. The highest BCUT2D eigenvalue weighted by Crippen LogP contribution is 2.31. The van der Waals surface area contributed by atoms with Crippen molar-refractivity contribution in [3.8, 4) is 0 Å². The molecule has 6 heteroatoms. The van der Waals surface area contributed by atoms with Gasteiger partial charge in [0.15, 0.2) is 0 Å². The van der Waals surface area contributed by atoms with E-state index < -0.39 is 0 Å². The number of furan rings is 1. The van der Waals surface area contributed by atoms with Gasteiger partial charge >= 0.3 is 0 Å². The molecular weight excluding hydrogens is 300 g/mol.